The van der Waals surface area contributed by atoms with Crippen molar-refractivity contribution < 1.29 is 28.6 Å². The van der Waals surface area contributed by atoms with Crippen molar-refractivity contribution in [2.45, 2.75) is 38.7 Å². The molecular formula is C21H21N5O6. The molecule has 11 heteroatoms. The smallest absolute Gasteiger partial charge is 0.303 e. The van der Waals surface area contributed by atoms with E-state index in [1.807, 2.05) is 6.07 Å². The lowest BCUT2D eigenvalue weighted by molar-refractivity contribution is -0.155. The zero-order valence-corrected chi connectivity index (χ0v) is 17.4. The number of aromatic nitrogens is 4. The van der Waals surface area contributed by atoms with Crippen molar-refractivity contribution in [3.8, 4) is 0 Å². The normalized spacial score (nSPS) is 20.1. The molecule has 1 saturated heterocycles. The minimum atomic E-state index is -0.635. The lowest BCUT2D eigenvalue weighted by atomic mass is 10.2. The molecule has 4 rings (SSSR count). The van der Waals surface area contributed by atoms with Crippen LogP contribution in [0.4, 0.5) is 5.82 Å². The van der Waals surface area contributed by atoms with E-state index in [0.717, 1.165) is 0 Å². The number of ether oxygens (including phenoxy) is 3. The maximum absolute atomic E-state index is 12.5. The van der Waals surface area contributed by atoms with E-state index in [2.05, 4.69) is 20.3 Å². The van der Waals surface area contributed by atoms with Crippen molar-refractivity contribution in [2.24, 2.45) is 0 Å². The fourth-order valence-corrected chi connectivity index (χ4v) is 3.48. The SMILES string of the molecule is CC(=O)OC[C@H]1O[C@H](n2cnc3c(NC(=O)c4ccccc4)ncnc32)C[C@@H]1OC(C)=O. The molecule has 1 aromatic carbocycles. The first-order chi connectivity index (χ1) is 15.4. The summed E-state index contributed by atoms with van der Waals surface area (Å²) < 4.78 is 18.0. The van der Waals surface area contributed by atoms with Crippen molar-refractivity contribution in [3.05, 3.63) is 48.5 Å². The van der Waals surface area contributed by atoms with Gasteiger partial charge in [-0.05, 0) is 12.1 Å². The molecule has 32 heavy (non-hydrogen) atoms. The van der Waals surface area contributed by atoms with Crippen molar-refractivity contribution in [3.63, 3.8) is 0 Å². The Labute approximate surface area is 182 Å². The summed E-state index contributed by atoms with van der Waals surface area (Å²) in [4.78, 5) is 48.0. The van der Waals surface area contributed by atoms with Crippen molar-refractivity contribution in [1.29, 1.82) is 0 Å². The predicted molar refractivity (Wildman–Crippen MR) is 110 cm³/mol. The Kier molecular flexibility index (Phi) is 6.08. The third-order valence-corrected chi connectivity index (χ3v) is 4.89. The second-order valence-electron chi connectivity index (χ2n) is 7.18. The first-order valence-electron chi connectivity index (χ1n) is 9.92. The maximum Gasteiger partial charge on any atom is 0.303 e. The minimum absolute atomic E-state index is 0.0518. The van der Waals surface area contributed by atoms with Crippen molar-refractivity contribution >= 4 is 34.8 Å². The Balaban J connectivity index is 1.57. The lowest BCUT2D eigenvalue weighted by Gasteiger charge is -2.17. The Morgan fingerprint density at radius 3 is 2.62 bits per heavy atom. The van der Waals surface area contributed by atoms with Crippen LogP contribution in [0.25, 0.3) is 11.2 Å². The van der Waals surface area contributed by atoms with Gasteiger partial charge in [0, 0.05) is 25.8 Å². The Morgan fingerprint density at radius 1 is 1.12 bits per heavy atom. The number of carbonyl (C=O) groups excluding carboxylic acids is 3. The third-order valence-electron chi connectivity index (χ3n) is 4.89. The number of carbonyl (C=O) groups is 3. The molecule has 2 aromatic heterocycles. The first kappa shape index (κ1) is 21.4. The van der Waals surface area contributed by atoms with Gasteiger partial charge in [-0.25, -0.2) is 15.0 Å². The van der Waals surface area contributed by atoms with Crippen molar-refractivity contribution in [2.75, 3.05) is 11.9 Å². The third kappa shape index (κ3) is 4.57. The van der Waals surface area contributed by atoms with Crippen LogP contribution in [0.5, 0.6) is 0 Å². The largest absolute Gasteiger partial charge is 0.463 e. The van der Waals surface area contributed by atoms with Gasteiger partial charge in [-0.15, -0.1) is 0 Å². The molecule has 1 aliphatic rings. The summed E-state index contributed by atoms with van der Waals surface area (Å²) in [5, 5.41) is 2.75. The molecule has 0 saturated carbocycles. The Hall–Kier alpha value is -3.86. The first-order valence-corrected chi connectivity index (χ1v) is 9.92. The molecule has 1 fully saturated rings. The van der Waals surface area contributed by atoms with Crippen LogP contribution in [0.3, 0.4) is 0 Å². The van der Waals surface area contributed by atoms with E-state index < -0.39 is 30.4 Å². The molecule has 0 radical (unpaired) electrons. The van der Waals surface area contributed by atoms with Gasteiger partial charge in [0.1, 0.15) is 31.4 Å². The average Bonchev–Trinajstić information content (AvgIpc) is 3.37. The molecule has 0 spiro atoms. The van der Waals surface area contributed by atoms with Crippen LogP contribution in [0.15, 0.2) is 43.0 Å². The number of imidazole rings is 1. The molecule has 11 nitrogen and oxygen atoms in total. The van der Waals surface area contributed by atoms with Gasteiger partial charge >= 0.3 is 11.9 Å². The van der Waals surface area contributed by atoms with E-state index in [1.54, 1.807) is 28.8 Å². The number of rotatable bonds is 6. The number of fused-ring (bicyclic) bond motifs is 1. The minimum Gasteiger partial charge on any atom is -0.463 e. The summed E-state index contributed by atoms with van der Waals surface area (Å²) in [7, 11) is 0. The van der Waals surface area contributed by atoms with Gasteiger partial charge in [0.25, 0.3) is 5.91 Å². The fourth-order valence-electron chi connectivity index (χ4n) is 3.48. The predicted octanol–water partition coefficient (Wildman–Crippen LogP) is 1.86. The topological polar surface area (TPSA) is 135 Å². The molecule has 1 N–H and O–H groups in total. The highest BCUT2D eigenvalue weighted by molar-refractivity contribution is 6.06. The fraction of sp³-hybridized carbons (Fsp3) is 0.333. The van der Waals surface area contributed by atoms with Gasteiger partial charge in [0.15, 0.2) is 17.0 Å². The highest BCUT2D eigenvalue weighted by atomic mass is 16.6. The van der Waals surface area contributed by atoms with Gasteiger partial charge in [-0.2, -0.15) is 0 Å². The molecule has 0 aliphatic carbocycles. The summed E-state index contributed by atoms with van der Waals surface area (Å²) in [6, 6.07) is 8.74. The lowest BCUT2D eigenvalue weighted by Crippen LogP contribution is -2.31. The van der Waals surface area contributed by atoms with Gasteiger partial charge in [-0.3, -0.25) is 19.0 Å². The summed E-state index contributed by atoms with van der Waals surface area (Å²) in [6.45, 7) is 2.54. The molecule has 0 unspecified atom stereocenters. The molecule has 3 aromatic rings. The molecule has 1 amide bonds. The Bertz CT molecular complexity index is 1150. The molecule has 1 aliphatic heterocycles. The van der Waals surface area contributed by atoms with Gasteiger partial charge in [-0.1, -0.05) is 18.2 Å². The maximum atomic E-state index is 12.5. The number of nitrogens with zero attached hydrogens (tertiary/aromatic N) is 4. The number of benzene rings is 1. The van der Waals surface area contributed by atoms with Crippen LogP contribution >= 0.6 is 0 Å². The summed E-state index contributed by atoms with van der Waals surface area (Å²) in [5.74, 6) is -0.990. The number of esters is 2. The van der Waals surface area contributed by atoms with Crippen LogP contribution in [-0.2, 0) is 23.8 Å². The van der Waals surface area contributed by atoms with Crippen LogP contribution in [-0.4, -0.2) is 56.2 Å². The standard InChI is InChI=1S/C21H21N5O6/c1-12(27)30-9-16-15(31-13(2)28)8-17(32-16)26-11-24-18-19(22-10-23-20(18)26)25-21(29)14-6-4-3-5-7-14/h3-7,10-11,15-17H,8-9H2,1-2H3,(H,22,23,25,29)/t15-,16+,17-/m0/s1. The molecule has 3 heterocycles. The van der Waals surface area contributed by atoms with Crippen LogP contribution in [0, 0.1) is 0 Å². The second kappa shape index (κ2) is 9.10. The van der Waals surface area contributed by atoms with Crippen LogP contribution in [0.1, 0.15) is 36.9 Å². The monoisotopic (exact) mass is 439 g/mol. The van der Waals surface area contributed by atoms with E-state index in [1.165, 1.54) is 26.5 Å². The van der Waals surface area contributed by atoms with E-state index in [0.29, 0.717) is 23.1 Å². The highest BCUT2D eigenvalue weighted by Gasteiger charge is 2.40. The van der Waals surface area contributed by atoms with Crippen molar-refractivity contribution in [1.82, 2.24) is 19.5 Å². The average molecular weight is 439 g/mol. The Morgan fingerprint density at radius 2 is 1.91 bits per heavy atom. The van der Waals surface area contributed by atoms with E-state index in [9.17, 15) is 14.4 Å². The molecule has 3 atom stereocenters. The summed E-state index contributed by atoms with van der Waals surface area (Å²) in [6.07, 6.45) is 1.33. The van der Waals surface area contributed by atoms with Gasteiger partial charge in [0.2, 0.25) is 0 Å². The highest BCUT2D eigenvalue weighted by Crippen LogP contribution is 2.33. The van der Waals surface area contributed by atoms with Crippen LogP contribution < -0.4 is 5.32 Å². The number of hydrogen-bond donors (Lipinski definition) is 1. The van der Waals surface area contributed by atoms with E-state index in [4.69, 9.17) is 14.2 Å². The quantitative estimate of drug-likeness (QED) is 0.571. The number of nitrogens with one attached hydrogen (secondary N) is 1. The molecule has 166 valence electrons. The van der Waals surface area contributed by atoms with E-state index in [-0.39, 0.29) is 18.3 Å². The number of anilines is 1. The number of hydrogen-bond acceptors (Lipinski definition) is 9. The second-order valence-corrected chi connectivity index (χ2v) is 7.18. The summed E-state index contributed by atoms with van der Waals surface area (Å²) in [5.41, 5.74) is 1.30. The van der Waals surface area contributed by atoms with Gasteiger partial charge < -0.3 is 19.5 Å². The zero-order valence-electron chi connectivity index (χ0n) is 17.4. The van der Waals surface area contributed by atoms with E-state index >= 15 is 0 Å². The molecule has 0 bridgehead atoms. The van der Waals surface area contributed by atoms with Crippen LogP contribution in [0.2, 0.25) is 0 Å². The zero-order chi connectivity index (χ0) is 22.7. The summed E-state index contributed by atoms with van der Waals surface area (Å²) >= 11 is 0. The molecular weight excluding hydrogens is 418 g/mol. The van der Waals surface area contributed by atoms with Gasteiger partial charge in [0.05, 0.1) is 6.33 Å². The number of amides is 1.